The van der Waals surface area contributed by atoms with E-state index in [0.29, 0.717) is 11.4 Å². The summed E-state index contributed by atoms with van der Waals surface area (Å²) in [6.45, 7) is 0. The second-order valence-corrected chi connectivity index (χ2v) is 8.63. The summed E-state index contributed by atoms with van der Waals surface area (Å²) in [5, 5.41) is 25.6. The van der Waals surface area contributed by atoms with Crippen LogP contribution in [-0.2, 0) is 41.6 Å². The number of H-pyrrole nitrogens is 2. The SMILES string of the molecule is NC(=O)CCC(NC(=O)C(CCC(=O)O)NC(=O)C(N)Cc1cnc[nH]1)C(=O)NC(Cc1cnc[nH]1)C(=O)O. The van der Waals surface area contributed by atoms with Gasteiger partial charge in [0.15, 0.2) is 0 Å². The number of imidazole rings is 2. The van der Waals surface area contributed by atoms with E-state index in [2.05, 4.69) is 35.9 Å². The maximum absolute atomic E-state index is 13.1. The highest BCUT2D eigenvalue weighted by Crippen LogP contribution is 2.06. The van der Waals surface area contributed by atoms with E-state index in [1.54, 1.807) is 0 Å². The van der Waals surface area contributed by atoms with Gasteiger partial charge in [0, 0.05) is 49.5 Å². The largest absolute Gasteiger partial charge is 0.481 e. The maximum atomic E-state index is 13.1. The molecule has 39 heavy (non-hydrogen) atoms. The molecule has 0 aromatic carbocycles. The molecule has 4 unspecified atom stereocenters. The Morgan fingerprint density at radius 1 is 0.769 bits per heavy atom. The fourth-order valence-electron chi connectivity index (χ4n) is 3.46. The maximum Gasteiger partial charge on any atom is 0.326 e. The van der Waals surface area contributed by atoms with E-state index in [4.69, 9.17) is 16.6 Å². The minimum Gasteiger partial charge on any atom is -0.481 e. The van der Waals surface area contributed by atoms with Crippen LogP contribution in [0.5, 0.6) is 0 Å². The third-order valence-electron chi connectivity index (χ3n) is 5.52. The van der Waals surface area contributed by atoms with E-state index >= 15 is 0 Å². The van der Waals surface area contributed by atoms with Crippen molar-refractivity contribution < 1.29 is 39.0 Å². The zero-order valence-electron chi connectivity index (χ0n) is 20.8. The highest BCUT2D eigenvalue weighted by Gasteiger charge is 2.31. The molecule has 2 aromatic rings. The first-order valence-corrected chi connectivity index (χ1v) is 11.8. The fraction of sp³-hybridized carbons (Fsp3) is 0.455. The number of nitrogens with one attached hydrogen (secondary N) is 5. The summed E-state index contributed by atoms with van der Waals surface area (Å²) in [5.41, 5.74) is 12.0. The number of nitrogens with two attached hydrogens (primary N) is 2. The van der Waals surface area contributed by atoms with E-state index in [0.717, 1.165) is 0 Å². The second-order valence-electron chi connectivity index (χ2n) is 8.63. The van der Waals surface area contributed by atoms with Crippen LogP contribution in [0, 0.1) is 0 Å². The van der Waals surface area contributed by atoms with Crippen LogP contribution < -0.4 is 27.4 Å². The van der Waals surface area contributed by atoms with E-state index in [1.165, 1.54) is 25.0 Å². The molecular weight excluding hydrogens is 518 g/mol. The summed E-state index contributed by atoms with van der Waals surface area (Å²) >= 11 is 0. The number of rotatable bonds is 17. The first-order valence-electron chi connectivity index (χ1n) is 11.8. The number of carboxylic acids is 2. The molecule has 0 saturated carbocycles. The normalized spacial score (nSPS) is 13.9. The van der Waals surface area contributed by atoms with Crippen LogP contribution in [0.25, 0.3) is 0 Å². The van der Waals surface area contributed by atoms with Gasteiger partial charge in [-0.2, -0.15) is 0 Å². The molecule has 2 rings (SSSR count). The predicted molar refractivity (Wildman–Crippen MR) is 131 cm³/mol. The van der Waals surface area contributed by atoms with Crippen molar-refractivity contribution in [2.24, 2.45) is 11.5 Å². The van der Waals surface area contributed by atoms with Crippen LogP contribution in [0.3, 0.4) is 0 Å². The topological polar surface area (TPSA) is 288 Å². The van der Waals surface area contributed by atoms with Gasteiger partial charge in [-0.1, -0.05) is 0 Å². The Morgan fingerprint density at radius 2 is 1.26 bits per heavy atom. The zero-order chi connectivity index (χ0) is 28.9. The number of carbonyl (C=O) groups excluding carboxylic acids is 4. The van der Waals surface area contributed by atoms with Crippen LogP contribution in [0.4, 0.5) is 0 Å². The van der Waals surface area contributed by atoms with Crippen LogP contribution in [0.15, 0.2) is 25.0 Å². The lowest BCUT2D eigenvalue weighted by atomic mass is 10.1. The molecule has 212 valence electrons. The number of aliphatic carboxylic acids is 2. The van der Waals surface area contributed by atoms with E-state index < -0.39 is 66.2 Å². The van der Waals surface area contributed by atoms with Crippen molar-refractivity contribution >= 4 is 35.6 Å². The number of nitrogens with zero attached hydrogens (tertiary/aromatic N) is 2. The van der Waals surface area contributed by atoms with Gasteiger partial charge in [0.25, 0.3) is 0 Å². The summed E-state index contributed by atoms with van der Waals surface area (Å²) in [6, 6.07) is -5.37. The Kier molecular flexibility index (Phi) is 11.6. The molecule has 0 saturated heterocycles. The lowest BCUT2D eigenvalue weighted by Crippen LogP contribution is -2.57. The highest BCUT2D eigenvalue weighted by molar-refractivity contribution is 5.94. The Labute approximate surface area is 221 Å². The number of carbonyl (C=O) groups is 6. The van der Waals surface area contributed by atoms with Gasteiger partial charge in [-0.25, -0.2) is 14.8 Å². The molecule has 11 N–H and O–H groups in total. The van der Waals surface area contributed by atoms with Gasteiger partial charge in [-0.15, -0.1) is 0 Å². The number of hydrogen-bond acceptors (Lipinski definition) is 9. The summed E-state index contributed by atoms with van der Waals surface area (Å²) in [7, 11) is 0. The second kappa shape index (κ2) is 14.8. The van der Waals surface area contributed by atoms with Crippen molar-refractivity contribution in [1.82, 2.24) is 35.9 Å². The number of carboxylic acid groups (broad SMARTS) is 2. The van der Waals surface area contributed by atoms with E-state index in [-0.39, 0.29) is 32.1 Å². The molecule has 0 bridgehead atoms. The quantitative estimate of drug-likeness (QED) is 0.0952. The van der Waals surface area contributed by atoms with Crippen molar-refractivity contribution in [3.05, 3.63) is 36.4 Å². The molecule has 4 amide bonds. The minimum absolute atomic E-state index is 0.0512. The molecule has 0 fully saturated rings. The Bertz CT molecular complexity index is 1140. The molecule has 2 aromatic heterocycles. The number of amides is 4. The monoisotopic (exact) mass is 549 g/mol. The molecule has 0 aliphatic heterocycles. The van der Waals surface area contributed by atoms with Gasteiger partial charge in [0.2, 0.25) is 23.6 Å². The first-order chi connectivity index (χ1) is 18.5. The average Bonchev–Trinajstić information content (AvgIpc) is 3.57. The summed E-state index contributed by atoms with van der Waals surface area (Å²) in [6.07, 6.45) is 3.99. The van der Waals surface area contributed by atoms with Crippen molar-refractivity contribution in [3.63, 3.8) is 0 Å². The molecule has 17 nitrogen and oxygen atoms in total. The first kappa shape index (κ1) is 30.4. The summed E-state index contributed by atoms with van der Waals surface area (Å²) in [5.74, 6) is -6.03. The van der Waals surface area contributed by atoms with Crippen LogP contribution in [0.2, 0.25) is 0 Å². The fourth-order valence-corrected chi connectivity index (χ4v) is 3.46. The van der Waals surface area contributed by atoms with Crippen LogP contribution >= 0.6 is 0 Å². The highest BCUT2D eigenvalue weighted by atomic mass is 16.4. The van der Waals surface area contributed by atoms with Crippen molar-refractivity contribution in [2.45, 2.75) is 62.7 Å². The standard InChI is InChI=1S/C22H31N9O8/c23-13(5-11-7-25-9-27-11)19(35)29-15(2-4-18(33)34)20(36)30-14(1-3-17(24)32)21(37)31-16(22(38)39)6-12-8-26-10-28-12/h7-10,13-16H,1-6,23H2,(H2,24,32)(H,25,27)(H,26,28)(H,29,35)(H,30,36)(H,31,37)(H,33,34)(H,38,39). The minimum atomic E-state index is -1.43. The summed E-state index contributed by atoms with van der Waals surface area (Å²) < 4.78 is 0. The van der Waals surface area contributed by atoms with Gasteiger partial charge in [-0.3, -0.25) is 24.0 Å². The number of aromatic nitrogens is 4. The van der Waals surface area contributed by atoms with Gasteiger partial charge in [0.05, 0.1) is 18.7 Å². The molecule has 0 radical (unpaired) electrons. The van der Waals surface area contributed by atoms with Gasteiger partial charge in [-0.05, 0) is 12.8 Å². The summed E-state index contributed by atoms with van der Waals surface area (Å²) in [4.78, 5) is 85.9. The molecule has 4 atom stereocenters. The third kappa shape index (κ3) is 10.6. The molecule has 0 aliphatic carbocycles. The Morgan fingerprint density at radius 3 is 1.72 bits per heavy atom. The molecular formula is C22H31N9O8. The van der Waals surface area contributed by atoms with Crippen LogP contribution in [-0.4, -0.2) is 89.9 Å². The number of aromatic amines is 2. The van der Waals surface area contributed by atoms with Crippen molar-refractivity contribution in [1.29, 1.82) is 0 Å². The molecule has 17 heteroatoms. The number of hydrogen-bond donors (Lipinski definition) is 9. The molecule has 0 spiro atoms. The third-order valence-corrected chi connectivity index (χ3v) is 5.52. The lowest BCUT2D eigenvalue weighted by Gasteiger charge is -2.25. The Hall–Kier alpha value is -4.80. The lowest BCUT2D eigenvalue weighted by molar-refractivity contribution is -0.142. The van der Waals surface area contributed by atoms with Crippen LogP contribution in [0.1, 0.15) is 37.1 Å². The average molecular weight is 550 g/mol. The van der Waals surface area contributed by atoms with E-state index in [1.807, 2.05) is 0 Å². The van der Waals surface area contributed by atoms with Crippen molar-refractivity contribution in [2.75, 3.05) is 0 Å². The van der Waals surface area contributed by atoms with Gasteiger partial charge >= 0.3 is 11.9 Å². The predicted octanol–water partition coefficient (Wildman–Crippen LogP) is -3.09. The van der Waals surface area contributed by atoms with Gasteiger partial charge < -0.3 is 47.6 Å². The Balaban J connectivity index is 2.14. The van der Waals surface area contributed by atoms with Gasteiger partial charge in [0.1, 0.15) is 18.1 Å². The van der Waals surface area contributed by atoms with E-state index in [9.17, 15) is 33.9 Å². The van der Waals surface area contributed by atoms with Crippen molar-refractivity contribution in [3.8, 4) is 0 Å². The zero-order valence-corrected chi connectivity index (χ0v) is 20.8. The molecule has 0 aliphatic rings. The number of primary amides is 1. The molecule has 2 heterocycles. The smallest absolute Gasteiger partial charge is 0.326 e.